The maximum absolute atomic E-state index is 13.6. The fourth-order valence-electron chi connectivity index (χ4n) is 1.43. The SMILES string of the molecule is CC(C)CNS(=O)(=O)NCc1cc(C#CCO)ccc1F. The number of hydrogen-bond acceptors (Lipinski definition) is 3. The molecule has 0 unspecified atom stereocenters. The van der Waals surface area contributed by atoms with Gasteiger partial charge in [-0.25, -0.2) is 9.11 Å². The number of aliphatic hydroxyl groups is 1. The Kier molecular flexibility index (Phi) is 6.78. The van der Waals surface area contributed by atoms with Gasteiger partial charge in [0.1, 0.15) is 12.4 Å². The van der Waals surface area contributed by atoms with Crippen LogP contribution in [-0.2, 0) is 16.8 Å². The van der Waals surface area contributed by atoms with E-state index in [4.69, 9.17) is 5.11 Å². The summed E-state index contributed by atoms with van der Waals surface area (Å²) in [4.78, 5) is 0. The molecule has 0 aliphatic carbocycles. The predicted molar refractivity (Wildman–Crippen MR) is 79.0 cm³/mol. The van der Waals surface area contributed by atoms with Crippen LogP contribution >= 0.6 is 0 Å². The molecule has 1 rings (SSSR count). The van der Waals surface area contributed by atoms with E-state index < -0.39 is 16.0 Å². The van der Waals surface area contributed by atoms with Crippen LogP contribution in [0.1, 0.15) is 25.0 Å². The van der Waals surface area contributed by atoms with Gasteiger partial charge in [-0.3, -0.25) is 0 Å². The molecule has 0 amide bonds. The van der Waals surface area contributed by atoms with Gasteiger partial charge < -0.3 is 5.11 Å². The fraction of sp³-hybridized carbons (Fsp3) is 0.429. The molecule has 0 radical (unpaired) electrons. The molecule has 5 nitrogen and oxygen atoms in total. The number of benzene rings is 1. The van der Waals surface area contributed by atoms with Crippen LogP contribution in [0.3, 0.4) is 0 Å². The van der Waals surface area contributed by atoms with E-state index in [2.05, 4.69) is 21.3 Å². The van der Waals surface area contributed by atoms with E-state index in [0.29, 0.717) is 12.1 Å². The second kappa shape index (κ2) is 8.10. The smallest absolute Gasteiger partial charge is 0.277 e. The number of halogens is 1. The van der Waals surface area contributed by atoms with Crippen molar-refractivity contribution in [1.29, 1.82) is 0 Å². The van der Waals surface area contributed by atoms with E-state index in [1.807, 2.05) is 13.8 Å². The molecular weight excluding hydrogens is 295 g/mol. The van der Waals surface area contributed by atoms with E-state index in [9.17, 15) is 12.8 Å². The highest BCUT2D eigenvalue weighted by atomic mass is 32.2. The summed E-state index contributed by atoms with van der Waals surface area (Å²) < 4.78 is 41.6. The van der Waals surface area contributed by atoms with E-state index in [0.717, 1.165) is 0 Å². The average Bonchev–Trinajstić information content (AvgIpc) is 2.43. The summed E-state index contributed by atoms with van der Waals surface area (Å²) in [7, 11) is -3.66. The Bertz CT molecular complexity index is 633. The van der Waals surface area contributed by atoms with Crippen molar-refractivity contribution >= 4 is 10.2 Å². The van der Waals surface area contributed by atoms with E-state index in [1.54, 1.807) is 0 Å². The van der Waals surface area contributed by atoms with Crippen LogP contribution in [0.2, 0.25) is 0 Å². The molecule has 0 fully saturated rings. The van der Waals surface area contributed by atoms with Gasteiger partial charge >= 0.3 is 0 Å². The first-order chi connectivity index (χ1) is 9.84. The zero-order valence-electron chi connectivity index (χ0n) is 12.0. The molecule has 7 heteroatoms. The van der Waals surface area contributed by atoms with Gasteiger partial charge in [-0.1, -0.05) is 25.7 Å². The summed E-state index contributed by atoms with van der Waals surface area (Å²) in [5, 5.41) is 8.62. The second-order valence-corrected chi connectivity index (χ2v) is 6.42. The zero-order valence-corrected chi connectivity index (χ0v) is 12.8. The monoisotopic (exact) mass is 314 g/mol. The summed E-state index contributed by atoms with van der Waals surface area (Å²) in [5.41, 5.74) is 0.699. The third-order valence-electron chi connectivity index (χ3n) is 2.49. The van der Waals surface area contributed by atoms with Crippen LogP contribution in [0.4, 0.5) is 4.39 Å². The Morgan fingerprint density at radius 1 is 1.33 bits per heavy atom. The topological polar surface area (TPSA) is 78.4 Å². The molecule has 0 aromatic heterocycles. The molecule has 21 heavy (non-hydrogen) atoms. The summed E-state index contributed by atoms with van der Waals surface area (Å²) in [6, 6.07) is 4.13. The first kappa shape index (κ1) is 17.6. The van der Waals surface area contributed by atoms with Crippen molar-refractivity contribution in [2.75, 3.05) is 13.2 Å². The first-order valence-corrected chi connectivity index (χ1v) is 7.95. The van der Waals surface area contributed by atoms with Gasteiger partial charge in [0.25, 0.3) is 10.2 Å². The molecule has 0 aliphatic rings. The maximum atomic E-state index is 13.6. The minimum atomic E-state index is -3.66. The Balaban J connectivity index is 2.74. The highest BCUT2D eigenvalue weighted by molar-refractivity contribution is 7.87. The molecule has 3 N–H and O–H groups in total. The number of hydrogen-bond donors (Lipinski definition) is 3. The highest BCUT2D eigenvalue weighted by Gasteiger charge is 2.11. The Morgan fingerprint density at radius 2 is 2.05 bits per heavy atom. The van der Waals surface area contributed by atoms with Crippen molar-refractivity contribution in [2.24, 2.45) is 5.92 Å². The van der Waals surface area contributed by atoms with Crippen molar-refractivity contribution < 1.29 is 17.9 Å². The molecule has 0 saturated heterocycles. The lowest BCUT2D eigenvalue weighted by molar-refractivity contribution is 0.350. The summed E-state index contributed by atoms with van der Waals surface area (Å²) in [6.07, 6.45) is 0. The van der Waals surface area contributed by atoms with Gasteiger partial charge in [0, 0.05) is 24.2 Å². The minimum absolute atomic E-state index is 0.173. The molecule has 0 bridgehead atoms. The largest absolute Gasteiger partial charge is 0.384 e. The predicted octanol–water partition coefficient (Wildman–Crippen LogP) is 0.750. The number of rotatable bonds is 6. The first-order valence-electron chi connectivity index (χ1n) is 6.46. The van der Waals surface area contributed by atoms with Gasteiger partial charge in [-0.2, -0.15) is 13.1 Å². The molecule has 0 atom stereocenters. The minimum Gasteiger partial charge on any atom is -0.384 e. The van der Waals surface area contributed by atoms with E-state index in [1.165, 1.54) is 18.2 Å². The van der Waals surface area contributed by atoms with Crippen LogP contribution in [0.25, 0.3) is 0 Å². The van der Waals surface area contributed by atoms with E-state index >= 15 is 0 Å². The summed E-state index contributed by atoms with van der Waals surface area (Å²) >= 11 is 0. The van der Waals surface area contributed by atoms with Crippen LogP contribution in [0, 0.1) is 23.6 Å². The number of nitrogens with one attached hydrogen (secondary N) is 2. The third kappa shape index (κ3) is 6.69. The highest BCUT2D eigenvalue weighted by Crippen LogP contribution is 2.10. The van der Waals surface area contributed by atoms with Crippen molar-refractivity contribution in [2.45, 2.75) is 20.4 Å². The van der Waals surface area contributed by atoms with Gasteiger partial charge in [0.15, 0.2) is 0 Å². The van der Waals surface area contributed by atoms with Crippen molar-refractivity contribution in [3.8, 4) is 11.8 Å². The fourth-order valence-corrected chi connectivity index (χ4v) is 2.43. The van der Waals surface area contributed by atoms with Crippen LogP contribution in [0.5, 0.6) is 0 Å². The Hall–Kier alpha value is -1.46. The van der Waals surface area contributed by atoms with Crippen LogP contribution in [0.15, 0.2) is 18.2 Å². The van der Waals surface area contributed by atoms with E-state index in [-0.39, 0.29) is 24.6 Å². The van der Waals surface area contributed by atoms with Gasteiger partial charge in [0.2, 0.25) is 0 Å². The van der Waals surface area contributed by atoms with Crippen molar-refractivity contribution in [3.63, 3.8) is 0 Å². The summed E-state index contributed by atoms with van der Waals surface area (Å²) in [6.45, 7) is 3.60. The van der Waals surface area contributed by atoms with Gasteiger partial charge in [-0.05, 0) is 24.1 Å². The zero-order chi connectivity index (χ0) is 15.9. The quantitative estimate of drug-likeness (QED) is 0.678. The lowest BCUT2D eigenvalue weighted by atomic mass is 10.1. The van der Waals surface area contributed by atoms with Crippen LogP contribution in [-0.4, -0.2) is 26.7 Å². The molecule has 116 valence electrons. The van der Waals surface area contributed by atoms with Crippen LogP contribution < -0.4 is 9.44 Å². The summed E-state index contributed by atoms with van der Waals surface area (Å²) in [5.74, 6) is 4.75. The van der Waals surface area contributed by atoms with Gasteiger partial charge in [-0.15, -0.1) is 0 Å². The average molecular weight is 314 g/mol. The molecule has 1 aromatic rings. The van der Waals surface area contributed by atoms with Gasteiger partial charge in [0.05, 0.1) is 0 Å². The number of aliphatic hydroxyl groups excluding tert-OH is 1. The Morgan fingerprint density at radius 3 is 2.67 bits per heavy atom. The molecule has 0 aliphatic heterocycles. The van der Waals surface area contributed by atoms with Crippen molar-refractivity contribution in [1.82, 2.24) is 9.44 Å². The lowest BCUT2D eigenvalue weighted by Crippen LogP contribution is -2.38. The maximum Gasteiger partial charge on any atom is 0.277 e. The van der Waals surface area contributed by atoms with Crippen molar-refractivity contribution in [3.05, 3.63) is 35.1 Å². The Labute approximate surface area is 124 Å². The molecule has 1 aromatic carbocycles. The lowest BCUT2D eigenvalue weighted by Gasteiger charge is -2.10. The molecule has 0 heterocycles. The molecule has 0 saturated carbocycles. The molecule has 0 spiro atoms. The molecular formula is C14H19FN2O3S. The normalized spacial score (nSPS) is 11.3. The standard InChI is InChI=1S/C14H19FN2O3S/c1-11(2)9-16-21(19,20)17-10-13-8-12(4-3-7-18)5-6-14(13)15/h5-6,8,11,16-18H,7,9-10H2,1-2H3. The third-order valence-corrected chi connectivity index (χ3v) is 3.56. The second-order valence-electron chi connectivity index (χ2n) is 4.83.